The van der Waals surface area contributed by atoms with E-state index in [-0.39, 0.29) is 30.1 Å². The van der Waals surface area contributed by atoms with Gasteiger partial charge in [0, 0.05) is 23.6 Å². The quantitative estimate of drug-likeness (QED) is 0.461. The maximum Gasteiger partial charge on any atom is 0.239 e. The SMILES string of the molecule is C=C(O)C1=CN2C(=CC1=C)c1c3cccc(CCC(F)F)c3nn1CC2C(C)(C)C.CC.CC. The zero-order valence-electron chi connectivity index (χ0n) is 21.6. The number of aryl methyl sites for hydroxylation is 1. The maximum absolute atomic E-state index is 12.8. The van der Waals surface area contributed by atoms with Crippen molar-refractivity contribution >= 4 is 16.6 Å². The molecule has 2 aliphatic rings. The number of fused-ring (bicyclic) bond motifs is 5. The van der Waals surface area contributed by atoms with Crippen molar-refractivity contribution in [2.75, 3.05) is 0 Å². The molecule has 0 bridgehead atoms. The molecule has 1 aromatic carbocycles. The molecule has 2 aromatic rings. The molecule has 0 amide bonds. The van der Waals surface area contributed by atoms with Gasteiger partial charge in [-0.05, 0) is 29.0 Å². The Hall–Kier alpha value is -2.89. The second-order valence-corrected chi connectivity index (χ2v) is 9.11. The van der Waals surface area contributed by atoms with Crippen molar-refractivity contribution < 1.29 is 13.9 Å². The van der Waals surface area contributed by atoms with Gasteiger partial charge in [-0.3, -0.25) is 4.68 Å². The highest BCUT2D eigenvalue weighted by atomic mass is 19.3. The van der Waals surface area contributed by atoms with Gasteiger partial charge in [0.05, 0.1) is 29.5 Å². The third kappa shape index (κ3) is 5.26. The van der Waals surface area contributed by atoms with Gasteiger partial charge in [-0.1, -0.05) is 79.8 Å². The Bertz CT molecular complexity index is 1100. The lowest BCUT2D eigenvalue weighted by molar-refractivity contribution is 0.138. The van der Waals surface area contributed by atoms with Crippen molar-refractivity contribution in [3.05, 3.63) is 71.8 Å². The third-order valence-corrected chi connectivity index (χ3v) is 5.92. The lowest BCUT2D eigenvalue weighted by Crippen LogP contribution is -2.47. The normalized spacial score (nSPS) is 17.1. The van der Waals surface area contributed by atoms with Gasteiger partial charge in [0.2, 0.25) is 6.43 Å². The molecule has 34 heavy (non-hydrogen) atoms. The molecule has 1 N–H and O–H groups in total. The second kappa shape index (κ2) is 11.0. The number of hydrogen-bond donors (Lipinski definition) is 1. The van der Waals surface area contributed by atoms with Crippen LogP contribution in [0.5, 0.6) is 0 Å². The van der Waals surface area contributed by atoms with E-state index in [9.17, 15) is 13.9 Å². The highest BCUT2D eigenvalue weighted by Crippen LogP contribution is 2.43. The second-order valence-electron chi connectivity index (χ2n) is 9.11. The van der Waals surface area contributed by atoms with Gasteiger partial charge in [0.25, 0.3) is 0 Å². The van der Waals surface area contributed by atoms with Crippen LogP contribution in [-0.4, -0.2) is 32.3 Å². The molecule has 1 aromatic heterocycles. The summed E-state index contributed by atoms with van der Waals surface area (Å²) in [5.74, 6) is -0.0128. The smallest absolute Gasteiger partial charge is 0.239 e. The van der Waals surface area contributed by atoms with Crippen LogP contribution in [0.4, 0.5) is 8.78 Å². The highest BCUT2D eigenvalue weighted by Gasteiger charge is 2.39. The zero-order chi connectivity index (χ0) is 25.8. The molecule has 0 radical (unpaired) electrons. The van der Waals surface area contributed by atoms with E-state index < -0.39 is 6.43 Å². The molecule has 1 unspecified atom stereocenters. The van der Waals surface area contributed by atoms with Crippen molar-refractivity contribution in [3.8, 4) is 0 Å². The van der Waals surface area contributed by atoms with Gasteiger partial charge in [0.1, 0.15) is 5.76 Å². The number of benzene rings is 1. The van der Waals surface area contributed by atoms with Gasteiger partial charge < -0.3 is 10.0 Å². The molecule has 3 heterocycles. The molecule has 4 nitrogen and oxygen atoms in total. The van der Waals surface area contributed by atoms with Crippen LogP contribution in [0.15, 0.2) is 60.5 Å². The van der Waals surface area contributed by atoms with Gasteiger partial charge in [-0.25, -0.2) is 8.78 Å². The molecule has 0 aliphatic carbocycles. The first kappa shape index (κ1) is 27.4. The van der Waals surface area contributed by atoms with Crippen LogP contribution >= 0.6 is 0 Å². The average molecular weight is 472 g/mol. The minimum Gasteiger partial charge on any atom is -0.508 e. The summed E-state index contributed by atoms with van der Waals surface area (Å²) in [6.45, 7) is 22.9. The van der Waals surface area contributed by atoms with Crippen molar-refractivity contribution in [1.29, 1.82) is 0 Å². The molecular weight excluding hydrogens is 432 g/mol. The fourth-order valence-electron chi connectivity index (χ4n) is 4.34. The predicted molar refractivity (Wildman–Crippen MR) is 139 cm³/mol. The van der Waals surface area contributed by atoms with Crippen LogP contribution in [0.25, 0.3) is 16.6 Å². The van der Waals surface area contributed by atoms with E-state index >= 15 is 0 Å². The highest BCUT2D eigenvalue weighted by molar-refractivity contribution is 5.94. The number of aliphatic hydroxyl groups excluding tert-OH is 1. The van der Waals surface area contributed by atoms with Crippen LogP contribution in [0.3, 0.4) is 0 Å². The summed E-state index contributed by atoms with van der Waals surface area (Å²) in [7, 11) is 0. The molecule has 0 fully saturated rings. The Labute approximate surface area is 203 Å². The Morgan fingerprint density at radius 3 is 2.41 bits per heavy atom. The lowest BCUT2D eigenvalue weighted by atomic mass is 9.82. The van der Waals surface area contributed by atoms with Crippen LogP contribution in [0, 0.1) is 5.41 Å². The van der Waals surface area contributed by atoms with Crippen molar-refractivity contribution in [2.24, 2.45) is 5.41 Å². The number of rotatable bonds is 4. The number of hydrogen-bond acceptors (Lipinski definition) is 3. The van der Waals surface area contributed by atoms with Gasteiger partial charge in [-0.2, -0.15) is 5.10 Å². The summed E-state index contributed by atoms with van der Waals surface area (Å²) in [4.78, 5) is 2.17. The van der Waals surface area contributed by atoms with Crippen molar-refractivity contribution in [3.63, 3.8) is 0 Å². The standard InChI is InChI=1S/C24H27F2N3O.2C2H6/c1-14-11-19-23-17-8-6-7-16(9-10-21(25)26)22(17)27-29(23)13-20(24(3,4)5)28(19)12-18(14)15(2)30;2*1-2/h6-8,11-12,20-21,30H,1-2,9-10,13H2,3-5H3;2*1-2H3. The van der Waals surface area contributed by atoms with Crippen LogP contribution in [0.1, 0.15) is 66.1 Å². The largest absolute Gasteiger partial charge is 0.508 e. The topological polar surface area (TPSA) is 41.3 Å². The first-order chi connectivity index (χ1) is 16.1. The Morgan fingerprint density at radius 1 is 1.21 bits per heavy atom. The summed E-state index contributed by atoms with van der Waals surface area (Å²) in [5.41, 5.74) is 4.72. The molecule has 0 saturated heterocycles. The fraction of sp³-hybridized carbons (Fsp3) is 0.464. The van der Waals surface area contributed by atoms with Crippen molar-refractivity contribution in [1.82, 2.24) is 14.7 Å². The molecule has 2 aliphatic heterocycles. The molecule has 0 spiro atoms. The predicted octanol–water partition coefficient (Wildman–Crippen LogP) is 7.88. The Kier molecular flexibility index (Phi) is 8.87. The Morgan fingerprint density at radius 2 is 1.85 bits per heavy atom. The molecule has 6 heteroatoms. The van der Waals surface area contributed by atoms with Gasteiger partial charge in [0.15, 0.2) is 0 Å². The van der Waals surface area contributed by atoms with Crippen LogP contribution < -0.4 is 0 Å². The monoisotopic (exact) mass is 471 g/mol. The third-order valence-electron chi connectivity index (χ3n) is 5.92. The van der Waals surface area contributed by atoms with E-state index in [1.807, 2.05) is 62.9 Å². The fourth-order valence-corrected chi connectivity index (χ4v) is 4.34. The van der Waals surface area contributed by atoms with E-state index in [2.05, 4.69) is 38.8 Å². The Balaban J connectivity index is 0.000000970. The van der Waals surface area contributed by atoms with E-state index in [0.717, 1.165) is 27.9 Å². The molecule has 1 atom stereocenters. The number of nitrogens with zero attached hydrogens (tertiary/aromatic N) is 3. The van der Waals surface area contributed by atoms with E-state index in [1.165, 1.54) is 0 Å². The molecule has 0 saturated carbocycles. The summed E-state index contributed by atoms with van der Waals surface area (Å²) in [6, 6.07) is 5.85. The van der Waals surface area contributed by atoms with E-state index in [4.69, 9.17) is 5.10 Å². The van der Waals surface area contributed by atoms with E-state index in [1.54, 1.807) is 0 Å². The summed E-state index contributed by atoms with van der Waals surface area (Å²) in [5, 5.41) is 15.8. The van der Waals surface area contributed by atoms with Crippen molar-refractivity contribution in [2.45, 2.75) is 80.3 Å². The average Bonchev–Trinajstić information content (AvgIpc) is 3.18. The van der Waals surface area contributed by atoms with Crippen LogP contribution in [0.2, 0.25) is 0 Å². The van der Waals surface area contributed by atoms with Gasteiger partial charge >= 0.3 is 0 Å². The van der Waals surface area contributed by atoms with Crippen LogP contribution in [-0.2, 0) is 13.0 Å². The minimum absolute atomic E-state index is 0.0128. The maximum atomic E-state index is 12.8. The number of halogens is 2. The zero-order valence-corrected chi connectivity index (χ0v) is 21.6. The lowest BCUT2D eigenvalue weighted by Gasteiger charge is -2.46. The molecule has 4 rings (SSSR count). The number of alkyl halides is 2. The summed E-state index contributed by atoms with van der Waals surface area (Å²) in [6.07, 6.45) is 1.64. The summed E-state index contributed by atoms with van der Waals surface area (Å²) < 4.78 is 27.6. The number of allylic oxidation sites excluding steroid dienone is 2. The van der Waals surface area contributed by atoms with E-state index in [0.29, 0.717) is 17.7 Å². The summed E-state index contributed by atoms with van der Waals surface area (Å²) >= 11 is 0. The number of aromatic nitrogens is 2. The van der Waals surface area contributed by atoms with Gasteiger partial charge in [-0.15, -0.1) is 0 Å². The molecule has 186 valence electrons. The number of aliphatic hydroxyl groups is 1. The molecular formula is C28H39F2N3O. The first-order valence-corrected chi connectivity index (χ1v) is 12.1. The minimum atomic E-state index is -2.34. The first-order valence-electron chi connectivity index (χ1n) is 12.1.